The number of hydrogen-bond acceptors (Lipinski definition) is 5. The lowest BCUT2D eigenvalue weighted by Gasteiger charge is -2.20. The summed E-state index contributed by atoms with van der Waals surface area (Å²) in [6.45, 7) is 0. The summed E-state index contributed by atoms with van der Waals surface area (Å²) in [5.74, 6) is -0.239. The molecule has 5 nitrogen and oxygen atoms in total. The molecule has 0 aliphatic heterocycles. The summed E-state index contributed by atoms with van der Waals surface area (Å²) in [6.07, 6.45) is -4.37. The number of methoxy groups -OCH3 is 1. The van der Waals surface area contributed by atoms with Gasteiger partial charge in [0.25, 0.3) is 0 Å². The predicted octanol–water partition coefficient (Wildman–Crippen LogP) is 2.04. The molecule has 9 heteroatoms. The van der Waals surface area contributed by atoms with Crippen LogP contribution in [-0.2, 0) is 0 Å². The molecular formula is C8H8ClF3N4O. The summed E-state index contributed by atoms with van der Waals surface area (Å²) in [7, 11) is 1.28. The minimum atomic E-state index is -4.35. The van der Waals surface area contributed by atoms with Crippen LogP contribution in [0.4, 0.5) is 19.1 Å². The standard InChI is InChI=1S/C8H8ClF3N4O/c1-17-6-14-4(9)13-5(15-6)16-7(2-3-7)8(10,11)12/h2-3H2,1H3,(H,13,14,15,16). The lowest BCUT2D eigenvalue weighted by molar-refractivity contribution is -0.151. The highest BCUT2D eigenvalue weighted by Crippen LogP contribution is 2.50. The largest absolute Gasteiger partial charge is 0.467 e. The smallest absolute Gasteiger partial charge is 0.411 e. The van der Waals surface area contributed by atoms with Crippen LogP contribution >= 0.6 is 11.6 Å². The first-order chi connectivity index (χ1) is 7.86. The molecule has 1 aromatic heterocycles. The van der Waals surface area contributed by atoms with E-state index in [1.807, 2.05) is 0 Å². The van der Waals surface area contributed by atoms with E-state index in [-0.39, 0.29) is 30.1 Å². The van der Waals surface area contributed by atoms with Gasteiger partial charge in [0.1, 0.15) is 5.54 Å². The number of alkyl halides is 3. The molecule has 2 rings (SSSR count). The van der Waals surface area contributed by atoms with Gasteiger partial charge < -0.3 is 10.1 Å². The normalized spacial score (nSPS) is 17.7. The van der Waals surface area contributed by atoms with Crippen molar-refractivity contribution in [3.63, 3.8) is 0 Å². The van der Waals surface area contributed by atoms with E-state index in [9.17, 15) is 13.2 Å². The Morgan fingerprint density at radius 1 is 1.29 bits per heavy atom. The second-order valence-electron chi connectivity index (χ2n) is 3.62. The number of halogens is 4. The quantitative estimate of drug-likeness (QED) is 0.909. The zero-order chi connectivity index (χ0) is 12.7. The molecule has 1 fully saturated rings. The minimum absolute atomic E-state index is 0.0118. The molecule has 17 heavy (non-hydrogen) atoms. The molecule has 1 aromatic rings. The Morgan fingerprint density at radius 2 is 1.94 bits per heavy atom. The van der Waals surface area contributed by atoms with Crippen molar-refractivity contribution < 1.29 is 17.9 Å². The van der Waals surface area contributed by atoms with Crippen molar-refractivity contribution in [2.24, 2.45) is 0 Å². The Balaban J connectivity index is 2.22. The van der Waals surface area contributed by atoms with Gasteiger partial charge in [0.05, 0.1) is 7.11 Å². The van der Waals surface area contributed by atoms with Crippen molar-refractivity contribution in [2.45, 2.75) is 24.6 Å². The molecule has 0 aromatic carbocycles. The van der Waals surface area contributed by atoms with Crippen LogP contribution in [-0.4, -0.2) is 33.8 Å². The van der Waals surface area contributed by atoms with Gasteiger partial charge in [0.2, 0.25) is 11.2 Å². The van der Waals surface area contributed by atoms with Crippen molar-refractivity contribution in [3.8, 4) is 6.01 Å². The number of aromatic nitrogens is 3. The van der Waals surface area contributed by atoms with E-state index in [0.717, 1.165) is 0 Å². The lowest BCUT2D eigenvalue weighted by Crippen LogP contribution is -2.39. The molecule has 0 atom stereocenters. The maximum atomic E-state index is 12.7. The van der Waals surface area contributed by atoms with Gasteiger partial charge in [0, 0.05) is 0 Å². The molecule has 0 amide bonds. The third-order valence-corrected chi connectivity index (χ3v) is 2.58. The third kappa shape index (κ3) is 2.36. The highest BCUT2D eigenvalue weighted by molar-refractivity contribution is 6.28. The molecule has 0 saturated heterocycles. The first-order valence-electron chi connectivity index (χ1n) is 4.67. The van der Waals surface area contributed by atoms with Crippen LogP contribution in [0.3, 0.4) is 0 Å². The van der Waals surface area contributed by atoms with Crippen molar-refractivity contribution in [3.05, 3.63) is 5.28 Å². The summed E-state index contributed by atoms with van der Waals surface area (Å²) in [6, 6.07) is -0.134. The van der Waals surface area contributed by atoms with Crippen LogP contribution in [0.2, 0.25) is 5.28 Å². The van der Waals surface area contributed by atoms with E-state index in [1.165, 1.54) is 7.11 Å². The molecule has 0 spiro atoms. The Bertz CT molecular complexity index is 435. The Hall–Kier alpha value is -1.31. The molecule has 1 aliphatic carbocycles. The van der Waals surface area contributed by atoms with Crippen molar-refractivity contribution in [1.29, 1.82) is 0 Å². The second kappa shape index (κ2) is 3.86. The fourth-order valence-electron chi connectivity index (χ4n) is 1.30. The SMILES string of the molecule is COc1nc(Cl)nc(NC2(C(F)(F)F)CC2)n1. The summed E-state index contributed by atoms with van der Waals surface area (Å²) < 4.78 is 42.7. The lowest BCUT2D eigenvalue weighted by atomic mass is 10.3. The van der Waals surface area contributed by atoms with E-state index in [1.54, 1.807) is 0 Å². The van der Waals surface area contributed by atoms with Crippen LogP contribution in [0.15, 0.2) is 0 Å². The maximum Gasteiger partial charge on any atom is 0.411 e. The summed E-state index contributed by atoms with van der Waals surface area (Å²) in [4.78, 5) is 10.8. The van der Waals surface area contributed by atoms with E-state index < -0.39 is 11.7 Å². The summed E-state index contributed by atoms with van der Waals surface area (Å²) >= 11 is 5.53. The average Bonchev–Trinajstić information content (AvgIpc) is 2.97. The predicted molar refractivity (Wildman–Crippen MR) is 53.0 cm³/mol. The number of ether oxygens (including phenoxy) is 1. The maximum absolute atomic E-state index is 12.7. The molecule has 94 valence electrons. The Labute approximate surface area is 99.4 Å². The van der Waals surface area contributed by atoms with Crippen LogP contribution in [0.5, 0.6) is 6.01 Å². The van der Waals surface area contributed by atoms with Gasteiger partial charge in [-0.05, 0) is 24.4 Å². The molecule has 1 aliphatic rings. The number of hydrogen-bond donors (Lipinski definition) is 1. The van der Waals surface area contributed by atoms with Gasteiger partial charge in [-0.15, -0.1) is 0 Å². The number of nitrogens with one attached hydrogen (secondary N) is 1. The molecule has 1 saturated carbocycles. The first-order valence-corrected chi connectivity index (χ1v) is 5.05. The topological polar surface area (TPSA) is 59.9 Å². The van der Waals surface area contributed by atoms with E-state index in [2.05, 4.69) is 25.0 Å². The van der Waals surface area contributed by atoms with Gasteiger partial charge in [-0.1, -0.05) is 0 Å². The van der Waals surface area contributed by atoms with Gasteiger partial charge in [-0.3, -0.25) is 0 Å². The Kier molecular flexibility index (Phi) is 2.76. The molecule has 1 heterocycles. The van der Waals surface area contributed by atoms with Gasteiger partial charge in [0.15, 0.2) is 0 Å². The average molecular weight is 269 g/mol. The van der Waals surface area contributed by atoms with Gasteiger partial charge >= 0.3 is 12.2 Å². The fourth-order valence-corrected chi connectivity index (χ4v) is 1.45. The molecule has 0 radical (unpaired) electrons. The number of rotatable bonds is 3. The first kappa shape index (κ1) is 12.2. The molecular weight excluding hydrogens is 261 g/mol. The monoisotopic (exact) mass is 268 g/mol. The van der Waals surface area contributed by atoms with Crippen molar-refractivity contribution in [1.82, 2.24) is 15.0 Å². The molecule has 0 unspecified atom stereocenters. The van der Waals surface area contributed by atoms with Gasteiger partial charge in [-0.2, -0.15) is 28.1 Å². The second-order valence-corrected chi connectivity index (χ2v) is 3.96. The highest BCUT2D eigenvalue weighted by Gasteiger charge is 2.64. The molecule has 0 bridgehead atoms. The number of nitrogens with zero attached hydrogens (tertiary/aromatic N) is 3. The van der Waals surface area contributed by atoms with Crippen molar-refractivity contribution in [2.75, 3.05) is 12.4 Å². The zero-order valence-electron chi connectivity index (χ0n) is 8.68. The summed E-state index contributed by atoms with van der Waals surface area (Å²) in [5.41, 5.74) is -1.94. The van der Waals surface area contributed by atoms with E-state index in [4.69, 9.17) is 11.6 Å². The van der Waals surface area contributed by atoms with Gasteiger partial charge in [-0.25, -0.2) is 0 Å². The van der Waals surface area contributed by atoms with Crippen molar-refractivity contribution >= 4 is 17.5 Å². The van der Waals surface area contributed by atoms with E-state index >= 15 is 0 Å². The Morgan fingerprint density at radius 3 is 2.41 bits per heavy atom. The minimum Gasteiger partial charge on any atom is -0.467 e. The van der Waals surface area contributed by atoms with Crippen LogP contribution in [0, 0.1) is 0 Å². The van der Waals surface area contributed by atoms with Crippen LogP contribution < -0.4 is 10.1 Å². The van der Waals surface area contributed by atoms with E-state index in [0.29, 0.717) is 0 Å². The van der Waals surface area contributed by atoms with Crippen LogP contribution in [0.25, 0.3) is 0 Å². The fraction of sp³-hybridized carbons (Fsp3) is 0.625. The van der Waals surface area contributed by atoms with Crippen LogP contribution in [0.1, 0.15) is 12.8 Å². The highest BCUT2D eigenvalue weighted by atomic mass is 35.5. The third-order valence-electron chi connectivity index (χ3n) is 2.41. The number of anilines is 1. The summed E-state index contributed by atoms with van der Waals surface area (Å²) in [5, 5.41) is 2.01. The zero-order valence-corrected chi connectivity index (χ0v) is 9.43. The molecule has 1 N–H and O–H groups in total.